The molecule has 2 N–H and O–H groups in total. The highest BCUT2D eigenvalue weighted by Crippen LogP contribution is 2.23. The van der Waals surface area contributed by atoms with Gasteiger partial charge in [-0.2, -0.15) is 5.10 Å². The number of aliphatic hydroxyl groups is 1. The highest BCUT2D eigenvalue weighted by atomic mass is 16.3. The minimum absolute atomic E-state index is 0.0808. The Morgan fingerprint density at radius 3 is 2.95 bits per heavy atom. The molecule has 1 aromatic rings. The molecule has 0 radical (unpaired) electrons. The van der Waals surface area contributed by atoms with Gasteiger partial charge in [0.15, 0.2) is 0 Å². The highest BCUT2D eigenvalue weighted by Gasteiger charge is 2.24. The van der Waals surface area contributed by atoms with E-state index in [1.807, 2.05) is 14.0 Å². The number of carbonyl (C=O) groups is 1. The number of nitrogens with zero attached hydrogens (tertiary/aromatic N) is 2. The predicted octanol–water partition coefficient (Wildman–Crippen LogP) is 1.26. The smallest absolute Gasteiger partial charge is 0.254 e. The summed E-state index contributed by atoms with van der Waals surface area (Å²) in [5.41, 5.74) is 1.47. The number of aliphatic hydroxyl groups excluding tert-OH is 1. The molecule has 0 aliphatic heterocycles. The Morgan fingerprint density at radius 2 is 2.26 bits per heavy atom. The molecule has 1 heterocycles. The van der Waals surface area contributed by atoms with E-state index in [0.717, 1.165) is 37.8 Å². The first kappa shape index (κ1) is 14.1. The first-order valence-electron chi connectivity index (χ1n) is 7.10. The van der Waals surface area contributed by atoms with Gasteiger partial charge in [-0.05, 0) is 19.3 Å². The van der Waals surface area contributed by atoms with E-state index < -0.39 is 0 Å². The molecule has 0 aromatic carbocycles. The van der Waals surface area contributed by atoms with E-state index in [2.05, 4.69) is 10.4 Å². The van der Waals surface area contributed by atoms with Crippen molar-refractivity contribution in [2.24, 2.45) is 13.0 Å². The second-order valence-electron chi connectivity index (χ2n) is 5.34. The summed E-state index contributed by atoms with van der Waals surface area (Å²) < 4.78 is 1.67. The molecule has 2 rings (SSSR count). The van der Waals surface area contributed by atoms with Crippen molar-refractivity contribution >= 4 is 5.91 Å². The Balaban J connectivity index is 1.93. The van der Waals surface area contributed by atoms with E-state index in [4.69, 9.17) is 0 Å². The summed E-state index contributed by atoms with van der Waals surface area (Å²) in [5, 5.41) is 17.1. The standard InChI is InChI=1S/C14H23N3O2/c1-3-12-11(9-17(2)16-12)14(19)15-8-10-6-4-5-7-13(10)18/h9-10,13,18H,3-8H2,1-2H3,(H,15,19). The number of aryl methyl sites for hydroxylation is 2. The fourth-order valence-electron chi connectivity index (χ4n) is 2.73. The second-order valence-corrected chi connectivity index (χ2v) is 5.34. The van der Waals surface area contributed by atoms with Crippen LogP contribution in [0.2, 0.25) is 0 Å². The van der Waals surface area contributed by atoms with Gasteiger partial charge in [0.25, 0.3) is 5.91 Å². The number of nitrogens with one attached hydrogen (secondary N) is 1. The largest absolute Gasteiger partial charge is 0.393 e. The zero-order valence-electron chi connectivity index (χ0n) is 11.7. The number of aromatic nitrogens is 2. The van der Waals surface area contributed by atoms with Crippen molar-refractivity contribution in [2.75, 3.05) is 6.54 Å². The zero-order chi connectivity index (χ0) is 13.8. The summed E-state index contributed by atoms with van der Waals surface area (Å²) in [7, 11) is 1.82. The maximum absolute atomic E-state index is 12.1. The van der Waals surface area contributed by atoms with Crippen molar-refractivity contribution in [3.8, 4) is 0 Å². The number of rotatable bonds is 4. The minimum atomic E-state index is -0.270. The summed E-state index contributed by atoms with van der Waals surface area (Å²) in [4.78, 5) is 12.1. The molecule has 5 heteroatoms. The quantitative estimate of drug-likeness (QED) is 0.861. The molecule has 1 amide bonds. The van der Waals surface area contributed by atoms with Crippen molar-refractivity contribution in [1.29, 1.82) is 0 Å². The monoisotopic (exact) mass is 265 g/mol. The lowest BCUT2D eigenvalue weighted by Crippen LogP contribution is -2.36. The molecule has 1 aliphatic carbocycles. The third-order valence-electron chi connectivity index (χ3n) is 3.88. The third-order valence-corrected chi connectivity index (χ3v) is 3.88. The van der Waals surface area contributed by atoms with Gasteiger partial charge in [-0.1, -0.05) is 19.8 Å². The van der Waals surface area contributed by atoms with E-state index >= 15 is 0 Å². The van der Waals surface area contributed by atoms with Gasteiger partial charge in [0.1, 0.15) is 0 Å². The van der Waals surface area contributed by atoms with Crippen molar-refractivity contribution in [1.82, 2.24) is 15.1 Å². The number of hydrogen-bond donors (Lipinski definition) is 2. The Kier molecular flexibility index (Phi) is 4.58. The summed E-state index contributed by atoms with van der Waals surface area (Å²) in [6.45, 7) is 2.54. The SMILES string of the molecule is CCc1nn(C)cc1C(=O)NCC1CCCCC1O. The molecule has 1 saturated carbocycles. The first-order chi connectivity index (χ1) is 9.11. The van der Waals surface area contributed by atoms with Crippen LogP contribution in [0.5, 0.6) is 0 Å². The molecule has 1 fully saturated rings. The molecule has 1 aromatic heterocycles. The predicted molar refractivity (Wildman–Crippen MR) is 72.9 cm³/mol. The van der Waals surface area contributed by atoms with Crippen molar-refractivity contribution in [3.63, 3.8) is 0 Å². The van der Waals surface area contributed by atoms with Crippen LogP contribution in [-0.4, -0.2) is 33.4 Å². The summed E-state index contributed by atoms with van der Waals surface area (Å²) in [6, 6.07) is 0. The molecule has 2 unspecified atom stereocenters. The van der Waals surface area contributed by atoms with Crippen LogP contribution >= 0.6 is 0 Å². The van der Waals surface area contributed by atoms with E-state index in [1.54, 1.807) is 10.9 Å². The van der Waals surface area contributed by atoms with Gasteiger partial charge >= 0.3 is 0 Å². The van der Waals surface area contributed by atoms with Crippen molar-refractivity contribution in [3.05, 3.63) is 17.5 Å². The third kappa shape index (κ3) is 3.35. The molecule has 5 nitrogen and oxygen atoms in total. The molecular weight excluding hydrogens is 242 g/mol. The Morgan fingerprint density at radius 1 is 1.53 bits per heavy atom. The van der Waals surface area contributed by atoms with Crippen LogP contribution in [-0.2, 0) is 13.5 Å². The second kappa shape index (κ2) is 6.19. The Bertz CT molecular complexity index is 442. The van der Waals surface area contributed by atoms with E-state index in [0.29, 0.717) is 12.1 Å². The Hall–Kier alpha value is -1.36. The van der Waals surface area contributed by atoms with Gasteiger partial charge in [-0.3, -0.25) is 9.48 Å². The summed E-state index contributed by atoms with van der Waals surface area (Å²) in [5.74, 6) is 0.113. The molecule has 0 spiro atoms. The lowest BCUT2D eigenvalue weighted by Gasteiger charge is -2.27. The van der Waals surface area contributed by atoms with Gasteiger partial charge in [0, 0.05) is 25.7 Å². The van der Waals surface area contributed by atoms with E-state index in [-0.39, 0.29) is 17.9 Å². The number of amides is 1. The van der Waals surface area contributed by atoms with Crippen LogP contribution in [0.1, 0.15) is 48.7 Å². The van der Waals surface area contributed by atoms with E-state index in [1.165, 1.54) is 0 Å². The number of carbonyl (C=O) groups excluding carboxylic acids is 1. The Labute approximate surface area is 114 Å². The fraction of sp³-hybridized carbons (Fsp3) is 0.714. The summed E-state index contributed by atoms with van der Waals surface area (Å²) in [6.07, 6.45) is 6.32. The molecular formula is C14H23N3O2. The number of hydrogen-bond acceptors (Lipinski definition) is 3. The normalized spacial score (nSPS) is 23.3. The van der Waals surface area contributed by atoms with Crippen molar-refractivity contribution in [2.45, 2.75) is 45.1 Å². The van der Waals surface area contributed by atoms with Crippen molar-refractivity contribution < 1.29 is 9.90 Å². The van der Waals surface area contributed by atoms with Gasteiger partial charge in [0.2, 0.25) is 0 Å². The average Bonchev–Trinajstić information content (AvgIpc) is 2.79. The summed E-state index contributed by atoms with van der Waals surface area (Å²) >= 11 is 0. The molecule has 106 valence electrons. The van der Waals surface area contributed by atoms with Gasteiger partial charge in [-0.15, -0.1) is 0 Å². The van der Waals surface area contributed by atoms with Crippen LogP contribution in [0.15, 0.2) is 6.20 Å². The molecule has 19 heavy (non-hydrogen) atoms. The van der Waals surface area contributed by atoms with E-state index in [9.17, 15) is 9.90 Å². The van der Waals surface area contributed by atoms with Crippen LogP contribution in [0, 0.1) is 5.92 Å². The van der Waals surface area contributed by atoms with Crippen LogP contribution in [0.4, 0.5) is 0 Å². The first-order valence-corrected chi connectivity index (χ1v) is 7.10. The van der Waals surface area contributed by atoms with Crippen LogP contribution < -0.4 is 5.32 Å². The van der Waals surface area contributed by atoms with Gasteiger partial charge < -0.3 is 10.4 Å². The maximum Gasteiger partial charge on any atom is 0.254 e. The average molecular weight is 265 g/mol. The topological polar surface area (TPSA) is 67.2 Å². The highest BCUT2D eigenvalue weighted by molar-refractivity contribution is 5.95. The molecule has 1 aliphatic rings. The fourth-order valence-corrected chi connectivity index (χ4v) is 2.73. The van der Waals surface area contributed by atoms with Gasteiger partial charge in [0.05, 0.1) is 17.4 Å². The maximum atomic E-state index is 12.1. The zero-order valence-corrected chi connectivity index (χ0v) is 11.7. The van der Waals surface area contributed by atoms with Crippen LogP contribution in [0.3, 0.4) is 0 Å². The van der Waals surface area contributed by atoms with Crippen LogP contribution in [0.25, 0.3) is 0 Å². The lowest BCUT2D eigenvalue weighted by atomic mass is 9.86. The lowest BCUT2D eigenvalue weighted by molar-refractivity contribution is 0.0662. The minimum Gasteiger partial charge on any atom is -0.393 e. The molecule has 0 bridgehead atoms. The van der Waals surface area contributed by atoms with Gasteiger partial charge in [-0.25, -0.2) is 0 Å². The molecule has 0 saturated heterocycles. The molecule has 2 atom stereocenters.